The Kier molecular flexibility index (Phi) is 17.5. The van der Waals surface area contributed by atoms with Crippen LogP contribution in [0.5, 0.6) is 0 Å². The Labute approximate surface area is 124 Å². The second kappa shape index (κ2) is 14.6. The molecule has 0 aliphatic heterocycles. The van der Waals surface area contributed by atoms with E-state index in [1.54, 1.807) is 13.8 Å². The van der Waals surface area contributed by atoms with Crippen molar-refractivity contribution in [3.63, 3.8) is 0 Å². The molecule has 0 aromatic heterocycles. The van der Waals surface area contributed by atoms with Crippen LogP contribution in [0.3, 0.4) is 0 Å². The number of carboxylic acids is 2. The summed E-state index contributed by atoms with van der Waals surface area (Å²) in [5.74, 6) is -3.81. The van der Waals surface area contributed by atoms with Crippen molar-refractivity contribution in [2.24, 2.45) is 0 Å². The van der Waals surface area contributed by atoms with Gasteiger partial charge in [-0.1, -0.05) is 13.8 Å². The summed E-state index contributed by atoms with van der Waals surface area (Å²) in [6, 6.07) is 0. The number of ether oxygens (including phenoxy) is 2. The molecule has 0 atom stereocenters. The second-order valence-corrected chi connectivity index (χ2v) is 2.77. The van der Waals surface area contributed by atoms with Gasteiger partial charge < -0.3 is 29.3 Å². The number of carboxylic acid groups (broad SMARTS) is 2. The summed E-state index contributed by atoms with van der Waals surface area (Å²) < 4.78 is 8.30. The van der Waals surface area contributed by atoms with E-state index in [-0.39, 0.29) is 33.9 Å². The van der Waals surface area contributed by atoms with Gasteiger partial charge in [0, 0.05) is 12.8 Å². The van der Waals surface area contributed by atoms with E-state index in [2.05, 4.69) is 9.47 Å². The van der Waals surface area contributed by atoms with Crippen LogP contribution in [0.1, 0.15) is 26.7 Å². The Bertz CT molecular complexity index is 272. The van der Waals surface area contributed by atoms with E-state index < -0.39 is 37.1 Å². The molecule has 0 heterocycles. The van der Waals surface area contributed by atoms with Crippen molar-refractivity contribution in [1.82, 2.24) is 0 Å². The average molecular weight is 457 g/mol. The third kappa shape index (κ3) is 22.3. The van der Waals surface area contributed by atoms with E-state index in [1.807, 2.05) is 0 Å². The van der Waals surface area contributed by atoms with Gasteiger partial charge in [-0.05, 0) is 0 Å². The Morgan fingerprint density at radius 2 is 1.05 bits per heavy atom. The van der Waals surface area contributed by atoms with Crippen molar-refractivity contribution < 1.29 is 59.9 Å². The topological polar surface area (TPSA) is 133 Å². The molecule has 112 valence electrons. The standard InChI is InChI=1S/2C5H8O4.Pt/c2*1-2-5(8)9-3-4(6)7;/h2*2-3H2,1H3,(H,6,7);/q;;+2/p-2. The first kappa shape index (κ1) is 22.7. The minimum atomic E-state index is -1.38. The van der Waals surface area contributed by atoms with Gasteiger partial charge in [0.05, 0.1) is 11.9 Å². The molecule has 0 aliphatic carbocycles. The van der Waals surface area contributed by atoms with Crippen molar-refractivity contribution >= 4 is 23.9 Å². The van der Waals surface area contributed by atoms with E-state index >= 15 is 0 Å². The molecule has 0 fully saturated rings. The molecule has 0 aromatic carbocycles. The zero-order valence-electron chi connectivity index (χ0n) is 10.4. The summed E-state index contributed by atoms with van der Waals surface area (Å²) in [5, 5.41) is 19.3. The fraction of sp³-hybridized carbons (Fsp3) is 0.600. The average Bonchev–Trinajstić information content (AvgIpc) is 2.33. The van der Waals surface area contributed by atoms with Gasteiger partial charge in [0.25, 0.3) is 0 Å². The van der Waals surface area contributed by atoms with E-state index in [0.29, 0.717) is 0 Å². The Hall–Kier alpha value is -1.43. The zero-order valence-corrected chi connectivity index (χ0v) is 12.7. The molecule has 0 radical (unpaired) electrons. The molecule has 0 saturated carbocycles. The van der Waals surface area contributed by atoms with Crippen LogP contribution in [0.4, 0.5) is 0 Å². The van der Waals surface area contributed by atoms with Gasteiger partial charge in [0.15, 0.2) is 0 Å². The van der Waals surface area contributed by atoms with Crippen LogP contribution in [0.2, 0.25) is 0 Å². The van der Waals surface area contributed by atoms with Crippen molar-refractivity contribution in [3.8, 4) is 0 Å². The minimum Gasteiger partial charge on any atom is -0.546 e. The van der Waals surface area contributed by atoms with Crippen molar-refractivity contribution in [1.29, 1.82) is 0 Å². The number of carbonyl (C=O) groups excluding carboxylic acids is 4. The Morgan fingerprint density at radius 1 is 0.789 bits per heavy atom. The predicted molar refractivity (Wildman–Crippen MR) is 52.5 cm³/mol. The van der Waals surface area contributed by atoms with Crippen molar-refractivity contribution in [3.05, 3.63) is 0 Å². The third-order valence-corrected chi connectivity index (χ3v) is 1.28. The van der Waals surface area contributed by atoms with Crippen molar-refractivity contribution in [2.45, 2.75) is 26.7 Å². The number of hydrogen-bond donors (Lipinski definition) is 0. The molecule has 19 heavy (non-hydrogen) atoms. The summed E-state index contributed by atoms with van der Waals surface area (Å²) in [6.45, 7) is 1.87. The van der Waals surface area contributed by atoms with Gasteiger partial charge in [0.2, 0.25) is 0 Å². The van der Waals surface area contributed by atoms with E-state index in [0.717, 1.165) is 0 Å². The zero-order chi connectivity index (χ0) is 14.6. The van der Waals surface area contributed by atoms with Crippen LogP contribution in [0.25, 0.3) is 0 Å². The molecule has 0 saturated heterocycles. The van der Waals surface area contributed by atoms with E-state index in [4.69, 9.17) is 0 Å². The van der Waals surface area contributed by atoms with Gasteiger partial charge in [-0.15, -0.1) is 0 Å². The fourth-order valence-corrected chi connectivity index (χ4v) is 0.483. The number of carbonyl (C=O) groups is 4. The van der Waals surface area contributed by atoms with Crippen molar-refractivity contribution in [2.75, 3.05) is 13.2 Å². The first-order valence-corrected chi connectivity index (χ1v) is 5.04. The molecule has 0 rings (SSSR count). The summed E-state index contributed by atoms with van der Waals surface area (Å²) in [5.41, 5.74) is 0. The molecule has 0 spiro atoms. The third-order valence-electron chi connectivity index (χ3n) is 1.28. The second-order valence-electron chi connectivity index (χ2n) is 2.77. The minimum absolute atomic E-state index is 0. The summed E-state index contributed by atoms with van der Waals surface area (Å²) >= 11 is 0. The number of hydrogen-bond acceptors (Lipinski definition) is 8. The summed E-state index contributed by atoms with van der Waals surface area (Å²) in [4.78, 5) is 39.7. The van der Waals surface area contributed by atoms with Gasteiger partial charge in [-0.3, -0.25) is 9.59 Å². The normalized spacial score (nSPS) is 8.11. The van der Waals surface area contributed by atoms with Crippen LogP contribution >= 0.6 is 0 Å². The number of esters is 2. The maximum Gasteiger partial charge on any atom is 2.00 e. The first-order chi connectivity index (χ1) is 8.33. The van der Waals surface area contributed by atoms with Crippen LogP contribution in [0, 0.1) is 0 Å². The van der Waals surface area contributed by atoms with Crippen LogP contribution in [0.15, 0.2) is 0 Å². The SMILES string of the molecule is CCC(=O)OCC(=O)[O-].CCC(=O)OCC(=O)[O-].[Pt+2]. The van der Waals surface area contributed by atoms with Gasteiger partial charge in [-0.2, -0.15) is 0 Å². The fourth-order valence-electron chi connectivity index (χ4n) is 0.483. The largest absolute Gasteiger partial charge is 2.00 e. The van der Waals surface area contributed by atoms with Gasteiger partial charge >= 0.3 is 33.0 Å². The number of aliphatic carboxylic acids is 2. The molecule has 0 unspecified atom stereocenters. The summed E-state index contributed by atoms with van der Waals surface area (Å²) in [6.07, 6.45) is 0.376. The molecule has 0 N–H and O–H groups in total. The molecule has 0 bridgehead atoms. The number of rotatable bonds is 6. The molecular formula is C10H14O8Pt. The summed E-state index contributed by atoms with van der Waals surface area (Å²) in [7, 11) is 0. The van der Waals surface area contributed by atoms with Crippen LogP contribution < -0.4 is 10.2 Å². The molecule has 0 aliphatic rings. The smallest absolute Gasteiger partial charge is 0.546 e. The molecule has 0 aromatic rings. The Balaban J connectivity index is -0.000000256. The van der Waals surface area contributed by atoms with Crippen LogP contribution in [-0.4, -0.2) is 37.1 Å². The maximum atomic E-state index is 10.2. The maximum absolute atomic E-state index is 10.2. The quantitative estimate of drug-likeness (QED) is 0.396. The Morgan fingerprint density at radius 3 is 1.21 bits per heavy atom. The van der Waals surface area contributed by atoms with Gasteiger partial charge in [-0.25, -0.2) is 0 Å². The van der Waals surface area contributed by atoms with Gasteiger partial charge in [0.1, 0.15) is 13.2 Å². The molecule has 8 nitrogen and oxygen atoms in total. The molecule has 0 amide bonds. The van der Waals surface area contributed by atoms with Crippen LogP contribution in [-0.2, 0) is 49.7 Å². The van der Waals surface area contributed by atoms with E-state index in [9.17, 15) is 29.4 Å². The predicted octanol–water partition coefficient (Wildman–Crippen LogP) is -2.62. The molecular weight excluding hydrogens is 443 g/mol. The first-order valence-electron chi connectivity index (χ1n) is 5.04. The monoisotopic (exact) mass is 457 g/mol. The van der Waals surface area contributed by atoms with E-state index in [1.165, 1.54) is 0 Å². The molecule has 9 heteroatoms.